The summed E-state index contributed by atoms with van der Waals surface area (Å²) in [5, 5.41) is 3.53. The predicted octanol–water partition coefficient (Wildman–Crippen LogP) is 3.88. The van der Waals surface area contributed by atoms with E-state index in [2.05, 4.69) is 36.9 Å². The molecule has 6 rings (SSSR count). The molecule has 0 unspecified atom stereocenters. The van der Waals surface area contributed by atoms with Crippen molar-refractivity contribution >= 4 is 43.3 Å². The summed E-state index contributed by atoms with van der Waals surface area (Å²) < 4.78 is 32.3. The van der Waals surface area contributed by atoms with Crippen molar-refractivity contribution in [3.8, 4) is 0 Å². The number of imidazole rings is 2. The van der Waals surface area contributed by atoms with E-state index in [1.54, 1.807) is 12.1 Å². The molecule has 1 saturated carbocycles. The summed E-state index contributed by atoms with van der Waals surface area (Å²) in [5.41, 5.74) is 5.39. The van der Waals surface area contributed by atoms with Gasteiger partial charge < -0.3 is 24.5 Å². The highest BCUT2D eigenvalue weighted by Gasteiger charge is 2.22. The minimum atomic E-state index is -3.37. The molecule has 9 nitrogen and oxygen atoms in total. The van der Waals surface area contributed by atoms with Crippen molar-refractivity contribution in [2.75, 3.05) is 42.8 Å². The van der Waals surface area contributed by atoms with Crippen molar-refractivity contribution in [2.45, 2.75) is 43.2 Å². The van der Waals surface area contributed by atoms with Crippen molar-refractivity contribution < 1.29 is 13.2 Å². The number of aromatic nitrogens is 4. The van der Waals surface area contributed by atoms with E-state index in [4.69, 9.17) is 9.72 Å². The Bertz CT molecular complexity index is 1480. The van der Waals surface area contributed by atoms with Crippen molar-refractivity contribution in [3.63, 3.8) is 0 Å². The zero-order chi connectivity index (χ0) is 24.0. The molecule has 0 atom stereocenters. The Morgan fingerprint density at radius 2 is 1.94 bits per heavy atom. The summed E-state index contributed by atoms with van der Waals surface area (Å²) in [6.45, 7) is 3.60. The number of benzene rings is 2. The highest BCUT2D eigenvalue weighted by Crippen LogP contribution is 2.36. The number of hydrogen-bond donors (Lipinski definition) is 2. The lowest BCUT2D eigenvalue weighted by Crippen LogP contribution is -2.36. The highest BCUT2D eigenvalue weighted by atomic mass is 32.2. The van der Waals surface area contributed by atoms with Crippen molar-refractivity contribution in [3.05, 3.63) is 42.5 Å². The topological polar surface area (TPSA) is 105 Å². The first-order valence-electron chi connectivity index (χ1n) is 12.2. The molecule has 2 aliphatic rings. The first-order chi connectivity index (χ1) is 17.0. The van der Waals surface area contributed by atoms with E-state index in [-0.39, 0.29) is 4.90 Å². The second-order valence-electron chi connectivity index (χ2n) is 9.51. The molecule has 0 radical (unpaired) electrons. The van der Waals surface area contributed by atoms with Gasteiger partial charge in [0.2, 0.25) is 0 Å². The molecule has 1 aliphatic carbocycles. The van der Waals surface area contributed by atoms with Gasteiger partial charge in [-0.3, -0.25) is 0 Å². The minimum absolute atomic E-state index is 0.240. The number of hydrogen-bond acceptors (Lipinski definition) is 7. The maximum Gasteiger partial charge on any atom is 0.177 e. The predicted molar refractivity (Wildman–Crippen MR) is 137 cm³/mol. The first kappa shape index (κ1) is 22.4. The fraction of sp³-hybridized carbons (Fsp3) is 0.440. The van der Waals surface area contributed by atoms with Gasteiger partial charge in [-0.1, -0.05) is 18.9 Å². The van der Waals surface area contributed by atoms with E-state index in [9.17, 15) is 8.42 Å². The maximum atomic E-state index is 12.2. The van der Waals surface area contributed by atoms with Crippen LogP contribution in [-0.4, -0.2) is 60.5 Å². The normalized spacial score (nSPS) is 17.6. The van der Waals surface area contributed by atoms with E-state index in [0.717, 1.165) is 48.7 Å². The zero-order valence-corrected chi connectivity index (χ0v) is 20.6. The number of morpholine rings is 1. The molecule has 1 saturated heterocycles. The van der Waals surface area contributed by atoms with Crippen LogP contribution in [0.4, 0.5) is 11.4 Å². The van der Waals surface area contributed by atoms with Gasteiger partial charge in [-0.05, 0) is 37.1 Å². The third kappa shape index (κ3) is 4.25. The number of nitrogens with one attached hydrogen (secondary N) is 2. The van der Waals surface area contributed by atoms with Crippen LogP contribution < -0.4 is 10.2 Å². The fourth-order valence-electron chi connectivity index (χ4n) is 5.35. The molecule has 2 aromatic carbocycles. The van der Waals surface area contributed by atoms with Gasteiger partial charge in [0.25, 0.3) is 0 Å². The standard InChI is InChI=1S/C25H30N6O3S/c1-35(32,33)22-8-4-7-19-25(22)29-23(28-19)15-26-20-13-18(30-9-11-34-12-10-30)14-21-24(20)27-16-31(21)17-5-2-3-6-17/h4,7-8,13-14,16-17,26H,2-3,5-6,9-12,15H2,1H3,(H,28,29). The van der Waals surface area contributed by atoms with Gasteiger partial charge in [0.15, 0.2) is 9.84 Å². The van der Waals surface area contributed by atoms with Gasteiger partial charge in [0.1, 0.15) is 16.9 Å². The van der Waals surface area contributed by atoms with Gasteiger partial charge >= 0.3 is 0 Å². The molecular formula is C25H30N6O3S. The molecule has 184 valence electrons. The average molecular weight is 495 g/mol. The first-order valence-corrected chi connectivity index (χ1v) is 14.1. The molecular weight excluding hydrogens is 464 g/mol. The van der Waals surface area contributed by atoms with Crippen LogP contribution in [0, 0.1) is 0 Å². The Morgan fingerprint density at radius 1 is 1.14 bits per heavy atom. The summed E-state index contributed by atoms with van der Waals surface area (Å²) >= 11 is 0. The molecule has 0 amide bonds. The van der Waals surface area contributed by atoms with Gasteiger partial charge in [0.05, 0.1) is 47.7 Å². The third-order valence-corrected chi connectivity index (χ3v) is 8.26. The number of nitrogens with zero attached hydrogens (tertiary/aromatic N) is 4. The lowest BCUT2D eigenvalue weighted by atomic mass is 10.2. The Hall–Kier alpha value is -3.11. The molecule has 0 spiro atoms. The number of fused-ring (bicyclic) bond motifs is 2. The summed E-state index contributed by atoms with van der Waals surface area (Å²) in [4.78, 5) is 15.3. The number of anilines is 2. The number of H-pyrrole nitrogens is 1. The third-order valence-electron chi connectivity index (χ3n) is 7.13. The quantitative estimate of drug-likeness (QED) is 0.419. The van der Waals surface area contributed by atoms with Crippen LogP contribution in [0.5, 0.6) is 0 Å². The van der Waals surface area contributed by atoms with E-state index in [1.165, 1.54) is 31.9 Å². The van der Waals surface area contributed by atoms with Crippen molar-refractivity contribution in [2.24, 2.45) is 0 Å². The molecule has 10 heteroatoms. The SMILES string of the molecule is CS(=O)(=O)c1cccc2[nH]c(CNc3cc(N4CCOCC4)cc4c3ncn4C3CCCC3)nc12. The summed E-state index contributed by atoms with van der Waals surface area (Å²) in [7, 11) is -3.37. The monoisotopic (exact) mass is 494 g/mol. The number of para-hydroxylation sites is 1. The molecule has 2 fully saturated rings. The second kappa shape index (κ2) is 8.83. The van der Waals surface area contributed by atoms with Crippen LogP contribution >= 0.6 is 0 Å². The van der Waals surface area contributed by atoms with Gasteiger partial charge in [-0.25, -0.2) is 18.4 Å². The smallest absolute Gasteiger partial charge is 0.177 e. The van der Waals surface area contributed by atoms with E-state index < -0.39 is 9.84 Å². The molecule has 0 bridgehead atoms. The summed E-state index contributed by atoms with van der Waals surface area (Å²) in [6, 6.07) is 10.1. The van der Waals surface area contributed by atoms with Gasteiger partial charge in [-0.2, -0.15) is 0 Å². The van der Waals surface area contributed by atoms with Crippen LogP contribution in [0.25, 0.3) is 22.1 Å². The Kier molecular flexibility index (Phi) is 5.64. The van der Waals surface area contributed by atoms with E-state index in [1.807, 2.05) is 12.4 Å². The lowest BCUT2D eigenvalue weighted by Gasteiger charge is -2.29. The maximum absolute atomic E-state index is 12.2. The van der Waals surface area contributed by atoms with Crippen LogP contribution in [0.3, 0.4) is 0 Å². The molecule has 1 aliphatic heterocycles. The van der Waals surface area contributed by atoms with Crippen LogP contribution in [0.2, 0.25) is 0 Å². The Labute approximate surface area is 204 Å². The second-order valence-corrected chi connectivity index (χ2v) is 11.5. The Balaban J connectivity index is 1.36. The molecule has 35 heavy (non-hydrogen) atoms. The number of aromatic amines is 1. The zero-order valence-electron chi connectivity index (χ0n) is 19.8. The lowest BCUT2D eigenvalue weighted by molar-refractivity contribution is 0.122. The number of rotatable bonds is 6. The largest absolute Gasteiger partial charge is 0.378 e. The van der Waals surface area contributed by atoms with E-state index >= 15 is 0 Å². The van der Waals surface area contributed by atoms with Gasteiger partial charge in [-0.15, -0.1) is 0 Å². The minimum Gasteiger partial charge on any atom is -0.378 e. The number of sulfone groups is 1. The fourth-order valence-corrected chi connectivity index (χ4v) is 6.18. The molecule has 2 aromatic heterocycles. The average Bonchev–Trinajstić information content (AvgIpc) is 3.61. The highest BCUT2D eigenvalue weighted by molar-refractivity contribution is 7.91. The molecule has 2 N–H and O–H groups in total. The molecule has 4 aromatic rings. The summed E-state index contributed by atoms with van der Waals surface area (Å²) in [5.74, 6) is 0.677. The van der Waals surface area contributed by atoms with Crippen LogP contribution in [0.1, 0.15) is 37.5 Å². The Morgan fingerprint density at radius 3 is 2.71 bits per heavy atom. The number of ether oxygens (including phenoxy) is 1. The van der Waals surface area contributed by atoms with Crippen LogP contribution in [0.15, 0.2) is 41.6 Å². The van der Waals surface area contributed by atoms with E-state index in [0.29, 0.717) is 29.4 Å². The van der Waals surface area contributed by atoms with Gasteiger partial charge in [0, 0.05) is 31.1 Å². The van der Waals surface area contributed by atoms with Crippen LogP contribution in [-0.2, 0) is 21.1 Å². The molecule has 3 heterocycles. The van der Waals surface area contributed by atoms with Crippen molar-refractivity contribution in [1.82, 2.24) is 19.5 Å². The summed E-state index contributed by atoms with van der Waals surface area (Å²) in [6.07, 6.45) is 8.10. The van der Waals surface area contributed by atoms with Crippen molar-refractivity contribution in [1.29, 1.82) is 0 Å².